The van der Waals surface area contributed by atoms with Crippen LogP contribution in [0.1, 0.15) is 40.0 Å². The first-order chi connectivity index (χ1) is 8.93. The maximum absolute atomic E-state index is 12.2. The van der Waals surface area contributed by atoms with E-state index in [0.29, 0.717) is 19.0 Å². The summed E-state index contributed by atoms with van der Waals surface area (Å²) in [6, 6.07) is -0.103. The second-order valence-electron chi connectivity index (χ2n) is 5.60. The Morgan fingerprint density at radius 2 is 2.16 bits per heavy atom. The van der Waals surface area contributed by atoms with Crippen molar-refractivity contribution in [2.45, 2.75) is 46.1 Å². The summed E-state index contributed by atoms with van der Waals surface area (Å²) in [4.78, 5) is 26.8. The topological polar surface area (TPSA) is 60.9 Å². The molecule has 1 aliphatic rings. The molecule has 1 fully saturated rings. The summed E-state index contributed by atoms with van der Waals surface area (Å²) >= 11 is 0. The maximum atomic E-state index is 12.2. The Balaban J connectivity index is 2.50. The lowest BCUT2D eigenvalue weighted by Gasteiger charge is -2.34. The van der Waals surface area contributed by atoms with Gasteiger partial charge in [0.1, 0.15) is 0 Å². The molecule has 5 heteroatoms. The van der Waals surface area contributed by atoms with Crippen molar-refractivity contribution in [1.82, 2.24) is 9.80 Å². The second kappa shape index (κ2) is 7.48. The summed E-state index contributed by atoms with van der Waals surface area (Å²) < 4.78 is 0. The monoisotopic (exact) mass is 270 g/mol. The molecule has 1 heterocycles. The largest absolute Gasteiger partial charge is 0.481 e. The maximum Gasteiger partial charge on any atom is 0.304 e. The van der Waals surface area contributed by atoms with Crippen molar-refractivity contribution in [3.63, 3.8) is 0 Å². The number of likely N-dealkylation sites (tertiary alicyclic amines) is 1. The Bertz CT molecular complexity index is 320. The zero-order valence-corrected chi connectivity index (χ0v) is 12.3. The molecule has 1 aliphatic heterocycles. The van der Waals surface area contributed by atoms with Crippen molar-refractivity contribution < 1.29 is 14.7 Å². The van der Waals surface area contributed by atoms with Gasteiger partial charge in [-0.3, -0.25) is 14.5 Å². The number of hydrogen-bond donors (Lipinski definition) is 1. The van der Waals surface area contributed by atoms with E-state index in [9.17, 15) is 9.59 Å². The van der Waals surface area contributed by atoms with Crippen LogP contribution in [0.15, 0.2) is 0 Å². The minimum absolute atomic E-state index is 0.0809. The Morgan fingerprint density at radius 3 is 2.68 bits per heavy atom. The van der Waals surface area contributed by atoms with Crippen molar-refractivity contribution in [1.29, 1.82) is 0 Å². The van der Waals surface area contributed by atoms with E-state index in [1.807, 2.05) is 23.6 Å². The lowest BCUT2D eigenvalue weighted by atomic mass is 10.0. The van der Waals surface area contributed by atoms with E-state index in [1.54, 1.807) is 0 Å². The van der Waals surface area contributed by atoms with Gasteiger partial charge < -0.3 is 10.0 Å². The fourth-order valence-corrected chi connectivity index (χ4v) is 2.65. The van der Waals surface area contributed by atoms with E-state index in [2.05, 4.69) is 6.92 Å². The van der Waals surface area contributed by atoms with Crippen LogP contribution < -0.4 is 0 Å². The van der Waals surface area contributed by atoms with Crippen LogP contribution in [0.2, 0.25) is 0 Å². The minimum atomic E-state index is -0.815. The van der Waals surface area contributed by atoms with E-state index < -0.39 is 5.97 Å². The molecular weight excluding hydrogens is 244 g/mol. The third-order valence-electron chi connectivity index (χ3n) is 3.85. The fourth-order valence-electron chi connectivity index (χ4n) is 2.65. The molecule has 0 bridgehead atoms. The van der Waals surface area contributed by atoms with E-state index in [0.717, 1.165) is 19.5 Å². The third-order valence-corrected chi connectivity index (χ3v) is 3.85. The number of carboxylic acids is 1. The highest BCUT2D eigenvalue weighted by atomic mass is 16.4. The fraction of sp³-hybridized carbons (Fsp3) is 0.857. The van der Waals surface area contributed by atoms with Crippen LogP contribution in [0, 0.1) is 5.92 Å². The molecule has 2 unspecified atom stereocenters. The molecule has 0 aromatic rings. The Morgan fingerprint density at radius 1 is 1.47 bits per heavy atom. The number of likely N-dealkylation sites (N-methyl/N-ethyl adjacent to an activating group) is 1. The zero-order valence-electron chi connectivity index (χ0n) is 12.3. The number of carbonyl (C=O) groups excluding carboxylic acids is 1. The number of nitrogens with zero attached hydrogens (tertiary/aromatic N) is 2. The van der Waals surface area contributed by atoms with Crippen LogP contribution in [0.5, 0.6) is 0 Å². The summed E-state index contributed by atoms with van der Waals surface area (Å²) in [5.74, 6) is -0.111. The van der Waals surface area contributed by atoms with Crippen LogP contribution >= 0.6 is 0 Å². The second-order valence-corrected chi connectivity index (χ2v) is 5.60. The van der Waals surface area contributed by atoms with Gasteiger partial charge in [0.15, 0.2) is 0 Å². The molecule has 1 amide bonds. The van der Waals surface area contributed by atoms with Gasteiger partial charge in [0.2, 0.25) is 5.91 Å². The lowest BCUT2D eigenvalue weighted by Crippen LogP contribution is -2.47. The first-order valence-corrected chi connectivity index (χ1v) is 7.17. The van der Waals surface area contributed by atoms with Gasteiger partial charge in [-0.25, -0.2) is 0 Å². The minimum Gasteiger partial charge on any atom is -0.481 e. The van der Waals surface area contributed by atoms with Crippen molar-refractivity contribution in [2.75, 3.05) is 26.2 Å². The molecular formula is C14H26N2O3. The molecule has 0 aromatic carbocycles. The molecule has 1 N–H and O–H groups in total. The quantitative estimate of drug-likeness (QED) is 0.793. The van der Waals surface area contributed by atoms with E-state index >= 15 is 0 Å². The van der Waals surface area contributed by atoms with E-state index in [1.165, 1.54) is 6.42 Å². The van der Waals surface area contributed by atoms with Gasteiger partial charge >= 0.3 is 5.97 Å². The third kappa shape index (κ3) is 5.19. The molecule has 110 valence electrons. The van der Waals surface area contributed by atoms with Crippen LogP contribution in [0.25, 0.3) is 0 Å². The van der Waals surface area contributed by atoms with Gasteiger partial charge in [-0.15, -0.1) is 0 Å². The van der Waals surface area contributed by atoms with Crippen LogP contribution in [-0.4, -0.2) is 59.0 Å². The van der Waals surface area contributed by atoms with Crippen LogP contribution in [0.3, 0.4) is 0 Å². The van der Waals surface area contributed by atoms with Crippen molar-refractivity contribution >= 4 is 11.9 Å². The SMILES string of the molecule is CCN(CC(=O)N1CCCC(C)C1)C(C)CC(=O)O. The number of carbonyl (C=O) groups is 2. The lowest BCUT2D eigenvalue weighted by molar-refractivity contribution is -0.140. The van der Waals surface area contributed by atoms with Gasteiger partial charge in [0, 0.05) is 19.1 Å². The number of carboxylic acid groups (broad SMARTS) is 1. The van der Waals surface area contributed by atoms with Gasteiger partial charge in [0.25, 0.3) is 0 Å². The predicted molar refractivity (Wildman–Crippen MR) is 73.9 cm³/mol. The highest BCUT2D eigenvalue weighted by Crippen LogP contribution is 2.16. The smallest absolute Gasteiger partial charge is 0.304 e. The summed E-state index contributed by atoms with van der Waals surface area (Å²) in [7, 11) is 0. The molecule has 1 rings (SSSR count). The molecule has 0 aromatic heterocycles. The average molecular weight is 270 g/mol. The predicted octanol–water partition coefficient (Wildman–Crippen LogP) is 1.43. The standard InChI is InChI=1S/C14H26N2O3/c1-4-15(12(3)8-14(18)19)10-13(17)16-7-5-6-11(2)9-16/h11-12H,4-10H2,1-3H3,(H,18,19). The Kier molecular flexibility index (Phi) is 6.28. The van der Waals surface area contributed by atoms with Crippen molar-refractivity contribution in [3.8, 4) is 0 Å². The number of rotatable bonds is 6. The number of hydrogen-bond acceptors (Lipinski definition) is 3. The van der Waals surface area contributed by atoms with E-state index in [-0.39, 0.29) is 18.4 Å². The number of piperidine rings is 1. The van der Waals surface area contributed by atoms with Crippen molar-refractivity contribution in [3.05, 3.63) is 0 Å². The van der Waals surface area contributed by atoms with Gasteiger partial charge in [-0.1, -0.05) is 13.8 Å². The van der Waals surface area contributed by atoms with Gasteiger partial charge in [-0.05, 0) is 32.2 Å². The molecule has 2 atom stereocenters. The van der Waals surface area contributed by atoms with Gasteiger partial charge in [-0.2, -0.15) is 0 Å². The number of amides is 1. The summed E-state index contributed by atoms with van der Waals surface area (Å²) in [5, 5.41) is 8.82. The summed E-state index contributed by atoms with van der Waals surface area (Å²) in [6.45, 7) is 8.71. The number of aliphatic carboxylic acids is 1. The van der Waals surface area contributed by atoms with Crippen LogP contribution in [0.4, 0.5) is 0 Å². The normalized spacial score (nSPS) is 21.5. The van der Waals surface area contributed by atoms with Gasteiger partial charge in [0.05, 0.1) is 13.0 Å². The van der Waals surface area contributed by atoms with Crippen LogP contribution in [-0.2, 0) is 9.59 Å². The molecule has 1 saturated heterocycles. The summed E-state index contributed by atoms with van der Waals surface area (Å²) in [6.07, 6.45) is 2.35. The van der Waals surface area contributed by atoms with Crippen molar-refractivity contribution in [2.24, 2.45) is 5.92 Å². The first-order valence-electron chi connectivity index (χ1n) is 7.17. The Labute approximate surface area is 115 Å². The van der Waals surface area contributed by atoms with E-state index in [4.69, 9.17) is 5.11 Å². The first kappa shape index (κ1) is 16.0. The highest BCUT2D eigenvalue weighted by molar-refractivity contribution is 5.78. The Hall–Kier alpha value is -1.10. The average Bonchev–Trinajstić information content (AvgIpc) is 2.34. The molecule has 0 spiro atoms. The molecule has 0 saturated carbocycles. The molecule has 0 radical (unpaired) electrons. The molecule has 0 aliphatic carbocycles. The molecule has 5 nitrogen and oxygen atoms in total. The zero-order chi connectivity index (χ0) is 14.4. The summed E-state index contributed by atoms with van der Waals surface area (Å²) in [5.41, 5.74) is 0. The highest BCUT2D eigenvalue weighted by Gasteiger charge is 2.24. The molecule has 19 heavy (non-hydrogen) atoms.